The number of anilines is 1. The van der Waals surface area contributed by atoms with Crippen LogP contribution in [0.4, 0.5) is 5.82 Å². The molecule has 0 unspecified atom stereocenters. The number of nitrogen functional groups attached to an aromatic ring is 1. The van der Waals surface area contributed by atoms with Crippen molar-refractivity contribution >= 4 is 22.5 Å². The maximum absolute atomic E-state index is 12.5. The number of ether oxygens (including phenoxy) is 1. The predicted molar refractivity (Wildman–Crippen MR) is 84.2 cm³/mol. The van der Waals surface area contributed by atoms with Gasteiger partial charge in [0.25, 0.3) is 5.91 Å². The van der Waals surface area contributed by atoms with Gasteiger partial charge in [0, 0.05) is 25.2 Å². The molecule has 0 aliphatic carbocycles. The van der Waals surface area contributed by atoms with Crippen LogP contribution in [0.25, 0.3) is 10.8 Å². The summed E-state index contributed by atoms with van der Waals surface area (Å²) >= 11 is 0. The van der Waals surface area contributed by atoms with Gasteiger partial charge >= 0.3 is 0 Å². The van der Waals surface area contributed by atoms with E-state index in [2.05, 4.69) is 4.98 Å². The van der Waals surface area contributed by atoms with E-state index in [1.807, 2.05) is 38.1 Å². The van der Waals surface area contributed by atoms with Crippen LogP contribution in [0, 0.1) is 0 Å². The summed E-state index contributed by atoms with van der Waals surface area (Å²) in [5.74, 6) is 0.360. The second kappa shape index (κ2) is 6.54. The highest BCUT2D eigenvalue weighted by atomic mass is 16.5. The van der Waals surface area contributed by atoms with Crippen molar-refractivity contribution in [1.29, 1.82) is 0 Å². The van der Waals surface area contributed by atoms with Crippen LogP contribution < -0.4 is 5.73 Å². The highest BCUT2D eigenvalue weighted by molar-refractivity contribution is 6.08. The van der Waals surface area contributed by atoms with E-state index < -0.39 is 0 Å². The Morgan fingerprint density at radius 3 is 2.67 bits per heavy atom. The maximum atomic E-state index is 12.5. The summed E-state index contributed by atoms with van der Waals surface area (Å²) in [4.78, 5) is 18.3. The number of likely N-dealkylation sites (N-methyl/N-ethyl adjacent to an activating group) is 1. The van der Waals surface area contributed by atoms with E-state index in [9.17, 15) is 4.79 Å². The van der Waals surface area contributed by atoms with Gasteiger partial charge in [-0.25, -0.2) is 4.98 Å². The maximum Gasteiger partial charge on any atom is 0.255 e. The fraction of sp³-hybridized carbons (Fsp3) is 0.375. The number of carbonyl (C=O) groups is 1. The van der Waals surface area contributed by atoms with Crippen LogP contribution in [0.1, 0.15) is 24.2 Å². The molecule has 2 rings (SSSR count). The highest BCUT2D eigenvalue weighted by Crippen LogP contribution is 2.23. The first-order chi connectivity index (χ1) is 10.0. The molecule has 0 aliphatic heterocycles. The van der Waals surface area contributed by atoms with Gasteiger partial charge in [-0.2, -0.15) is 0 Å². The summed E-state index contributed by atoms with van der Waals surface area (Å²) < 4.78 is 5.48. The Morgan fingerprint density at radius 1 is 1.33 bits per heavy atom. The van der Waals surface area contributed by atoms with Crippen molar-refractivity contribution < 1.29 is 9.53 Å². The van der Waals surface area contributed by atoms with Crippen molar-refractivity contribution in [2.45, 2.75) is 20.0 Å². The normalized spacial score (nSPS) is 11.0. The third-order valence-electron chi connectivity index (χ3n) is 3.28. The summed E-state index contributed by atoms with van der Waals surface area (Å²) in [6.45, 7) is 4.99. The molecule has 5 nitrogen and oxygen atoms in total. The van der Waals surface area contributed by atoms with Crippen LogP contribution in [0.3, 0.4) is 0 Å². The second-order valence-corrected chi connectivity index (χ2v) is 5.25. The van der Waals surface area contributed by atoms with Crippen molar-refractivity contribution in [2.75, 3.05) is 25.9 Å². The number of hydrogen-bond donors (Lipinski definition) is 1. The fourth-order valence-electron chi connectivity index (χ4n) is 2.12. The quantitative estimate of drug-likeness (QED) is 0.916. The van der Waals surface area contributed by atoms with E-state index in [0.717, 1.165) is 10.8 Å². The lowest BCUT2D eigenvalue weighted by Gasteiger charge is -2.19. The fourth-order valence-corrected chi connectivity index (χ4v) is 2.12. The Morgan fingerprint density at radius 2 is 2.00 bits per heavy atom. The van der Waals surface area contributed by atoms with Gasteiger partial charge in [-0.05, 0) is 19.2 Å². The topological polar surface area (TPSA) is 68.5 Å². The van der Waals surface area contributed by atoms with Gasteiger partial charge in [0.05, 0.1) is 18.3 Å². The lowest BCUT2D eigenvalue weighted by molar-refractivity contribution is 0.0533. The Labute approximate surface area is 124 Å². The highest BCUT2D eigenvalue weighted by Gasteiger charge is 2.16. The number of amides is 1. The Balaban J connectivity index is 2.21. The Kier molecular flexibility index (Phi) is 4.75. The van der Waals surface area contributed by atoms with Gasteiger partial charge < -0.3 is 15.4 Å². The van der Waals surface area contributed by atoms with Crippen LogP contribution in [0.5, 0.6) is 0 Å². The summed E-state index contributed by atoms with van der Waals surface area (Å²) in [6, 6.07) is 7.53. The number of benzene rings is 1. The molecule has 0 saturated carbocycles. The first-order valence-electron chi connectivity index (χ1n) is 7.01. The number of rotatable bonds is 5. The molecule has 1 aromatic heterocycles. The molecule has 0 spiro atoms. The van der Waals surface area contributed by atoms with Crippen LogP contribution in [-0.2, 0) is 4.74 Å². The zero-order chi connectivity index (χ0) is 15.4. The largest absolute Gasteiger partial charge is 0.383 e. The molecule has 0 aliphatic rings. The molecule has 0 saturated heterocycles. The molecule has 1 aromatic carbocycles. The third kappa shape index (κ3) is 3.49. The molecular formula is C16H21N3O2. The van der Waals surface area contributed by atoms with Gasteiger partial charge in [0.15, 0.2) is 0 Å². The van der Waals surface area contributed by atoms with Crippen LogP contribution in [0.15, 0.2) is 30.5 Å². The molecule has 0 bridgehead atoms. The van der Waals surface area contributed by atoms with E-state index in [-0.39, 0.29) is 12.0 Å². The molecule has 0 radical (unpaired) electrons. The summed E-state index contributed by atoms with van der Waals surface area (Å²) in [7, 11) is 1.76. The smallest absolute Gasteiger partial charge is 0.255 e. The molecule has 1 amide bonds. The van der Waals surface area contributed by atoms with Crippen LogP contribution in [-0.4, -0.2) is 42.1 Å². The standard InChI is InChI=1S/C16H21N3O2/c1-11(2)21-9-8-19(3)16(20)14-10-18-15(17)13-7-5-4-6-12(13)14/h4-7,10-11H,8-9H2,1-3H3,(H2,17,18). The molecular weight excluding hydrogens is 266 g/mol. The van der Waals surface area contributed by atoms with Gasteiger partial charge in [-0.1, -0.05) is 24.3 Å². The first-order valence-corrected chi connectivity index (χ1v) is 7.01. The van der Waals surface area contributed by atoms with E-state index in [1.54, 1.807) is 18.1 Å². The van der Waals surface area contributed by atoms with E-state index in [1.165, 1.54) is 0 Å². The van der Waals surface area contributed by atoms with Gasteiger partial charge in [0.1, 0.15) is 5.82 Å². The van der Waals surface area contributed by atoms with Crippen molar-refractivity contribution in [3.8, 4) is 0 Å². The molecule has 2 aromatic rings. The Hall–Kier alpha value is -2.14. The van der Waals surface area contributed by atoms with Crippen molar-refractivity contribution in [1.82, 2.24) is 9.88 Å². The van der Waals surface area contributed by atoms with Crippen molar-refractivity contribution in [2.24, 2.45) is 0 Å². The number of aromatic nitrogens is 1. The lowest BCUT2D eigenvalue weighted by Crippen LogP contribution is -2.31. The van der Waals surface area contributed by atoms with E-state index in [4.69, 9.17) is 10.5 Å². The minimum absolute atomic E-state index is 0.0777. The molecule has 2 N–H and O–H groups in total. The molecule has 0 atom stereocenters. The van der Waals surface area contributed by atoms with Gasteiger partial charge in [-0.3, -0.25) is 4.79 Å². The average molecular weight is 287 g/mol. The summed E-state index contributed by atoms with van der Waals surface area (Å²) in [6.07, 6.45) is 1.70. The van der Waals surface area contributed by atoms with Gasteiger partial charge in [-0.15, -0.1) is 0 Å². The van der Waals surface area contributed by atoms with Crippen LogP contribution >= 0.6 is 0 Å². The SMILES string of the molecule is CC(C)OCCN(C)C(=O)c1cnc(N)c2ccccc12. The molecule has 5 heteroatoms. The van der Waals surface area contributed by atoms with Crippen molar-refractivity contribution in [3.63, 3.8) is 0 Å². The molecule has 1 heterocycles. The molecule has 112 valence electrons. The lowest BCUT2D eigenvalue weighted by atomic mass is 10.1. The second-order valence-electron chi connectivity index (χ2n) is 5.25. The first kappa shape index (κ1) is 15.3. The summed E-state index contributed by atoms with van der Waals surface area (Å²) in [5, 5.41) is 1.63. The zero-order valence-corrected chi connectivity index (χ0v) is 12.7. The number of fused-ring (bicyclic) bond motifs is 1. The number of nitrogens with two attached hydrogens (primary N) is 1. The number of carbonyl (C=O) groups excluding carboxylic acids is 1. The molecule has 21 heavy (non-hydrogen) atoms. The van der Waals surface area contributed by atoms with E-state index in [0.29, 0.717) is 24.5 Å². The molecule has 0 fully saturated rings. The summed E-state index contributed by atoms with van der Waals surface area (Å²) in [5.41, 5.74) is 6.42. The van der Waals surface area contributed by atoms with Gasteiger partial charge in [0.2, 0.25) is 0 Å². The average Bonchev–Trinajstić information content (AvgIpc) is 2.47. The third-order valence-corrected chi connectivity index (χ3v) is 3.28. The number of pyridine rings is 1. The minimum Gasteiger partial charge on any atom is -0.383 e. The Bertz CT molecular complexity index is 640. The minimum atomic E-state index is -0.0777. The number of hydrogen-bond acceptors (Lipinski definition) is 4. The monoisotopic (exact) mass is 287 g/mol. The van der Waals surface area contributed by atoms with Crippen molar-refractivity contribution in [3.05, 3.63) is 36.0 Å². The zero-order valence-electron chi connectivity index (χ0n) is 12.7. The van der Waals surface area contributed by atoms with Crippen LogP contribution in [0.2, 0.25) is 0 Å². The number of nitrogens with zero attached hydrogens (tertiary/aromatic N) is 2. The van der Waals surface area contributed by atoms with E-state index >= 15 is 0 Å². The predicted octanol–water partition coefficient (Wildman–Crippen LogP) is 2.31.